The van der Waals surface area contributed by atoms with Crippen molar-refractivity contribution in [3.05, 3.63) is 59.7 Å². The Labute approximate surface area is 99.0 Å². The monoisotopic (exact) mass is 228 g/mol. The third-order valence-corrected chi connectivity index (χ3v) is 2.65. The van der Waals surface area contributed by atoms with Crippen LogP contribution in [0.25, 0.3) is 0 Å². The lowest BCUT2D eigenvalue weighted by atomic mass is 9.97. The number of hydrogen-bond donors (Lipinski definition) is 1. The number of aromatic nitrogens is 2. The number of benzene rings is 1. The van der Waals surface area contributed by atoms with Gasteiger partial charge in [0, 0.05) is 5.92 Å². The first kappa shape index (κ1) is 11.3. The normalized spacial score (nSPS) is 12.1. The number of hydrogen-bond acceptors (Lipinski definition) is 3. The van der Waals surface area contributed by atoms with Crippen molar-refractivity contribution < 1.29 is 9.90 Å². The highest BCUT2D eigenvalue weighted by molar-refractivity contribution is 5.85. The molecule has 0 radical (unpaired) electrons. The quantitative estimate of drug-likeness (QED) is 0.875. The predicted octanol–water partition coefficient (Wildman–Crippen LogP) is 2.33. The van der Waals surface area contributed by atoms with Crippen molar-refractivity contribution in [3.63, 3.8) is 0 Å². The minimum Gasteiger partial charge on any atom is -0.477 e. The third kappa shape index (κ3) is 2.47. The van der Waals surface area contributed by atoms with E-state index in [0.29, 0.717) is 5.69 Å². The fourth-order valence-corrected chi connectivity index (χ4v) is 1.64. The summed E-state index contributed by atoms with van der Waals surface area (Å²) in [5.41, 5.74) is 1.84. The minimum atomic E-state index is -1.03. The largest absolute Gasteiger partial charge is 0.477 e. The van der Waals surface area contributed by atoms with E-state index >= 15 is 0 Å². The van der Waals surface area contributed by atoms with Crippen LogP contribution in [0.15, 0.2) is 42.7 Å². The van der Waals surface area contributed by atoms with E-state index in [-0.39, 0.29) is 11.6 Å². The molecule has 4 nitrogen and oxygen atoms in total. The Morgan fingerprint density at radius 1 is 1.24 bits per heavy atom. The van der Waals surface area contributed by atoms with Crippen molar-refractivity contribution in [3.8, 4) is 0 Å². The minimum absolute atomic E-state index is 0.0257. The van der Waals surface area contributed by atoms with Gasteiger partial charge in [-0.15, -0.1) is 0 Å². The van der Waals surface area contributed by atoms with Gasteiger partial charge in [0.05, 0.1) is 5.69 Å². The van der Waals surface area contributed by atoms with E-state index in [1.165, 1.54) is 12.4 Å². The molecule has 1 N–H and O–H groups in total. The summed E-state index contributed by atoms with van der Waals surface area (Å²) < 4.78 is 0. The molecule has 2 rings (SSSR count). The second-order valence-electron chi connectivity index (χ2n) is 3.77. The molecule has 0 aliphatic rings. The van der Waals surface area contributed by atoms with Crippen LogP contribution in [0.2, 0.25) is 0 Å². The third-order valence-electron chi connectivity index (χ3n) is 2.65. The van der Waals surface area contributed by atoms with Crippen molar-refractivity contribution in [1.29, 1.82) is 0 Å². The Kier molecular flexibility index (Phi) is 3.14. The van der Waals surface area contributed by atoms with Gasteiger partial charge in [0.15, 0.2) is 5.69 Å². The summed E-state index contributed by atoms with van der Waals surface area (Å²) in [6, 6.07) is 11.3. The lowest BCUT2D eigenvalue weighted by molar-refractivity contribution is 0.0690. The molecule has 0 aliphatic carbocycles. The maximum Gasteiger partial charge on any atom is 0.354 e. The fraction of sp³-hybridized carbons (Fsp3) is 0.154. The van der Waals surface area contributed by atoms with E-state index < -0.39 is 5.97 Å². The zero-order valence-electron chi connectivity index (χ0n) is 9.37. The molecule has 0 saturated heterocycles. The molecular formula is C13H12N2O2. The van der Waals surface area contributed by atoms with Crippen LogP contribution in [0.4, 0.5) is 0 Å². The van der Waals surface area contributed by atoms with Gasteiger partial charge in [0.2, 0.25) is 0 Å². The van der Waals surface area contributed by atoms with Gasteiger partial charge >= 0.3 is 5.97 Å². The summed E-state index contributed by atoms with van der Waals surface area (Å²) >= 11 is 0. The van der Waals surface area contributed by atoms with E-state index in [1.54, 1.807) is 0 Å². The highest BCUT2D eigenvalue weighted by Crippen LogP contribution is 2.21. The summed E-state index contributed by atoms with van der Waals surface area (Å²) in [4.78, 5) is 18.6. The molecule has 1 heterocycles. The molecule has 0 fully saturated rings. The van der Waals surface area contributed by atoms with Crippen molar-refractivity contribution in [2.24, 2.45) is 0 Å². The van der Waals surface area contributed by atoms with Gasteiger partial charge in [0.25, 0.3) is 0 Å². The average molecular weight is 228 g/mol. The SMILES string of the molecule is C[C@@H](c1ccccc1)c1cc(C(=O)O)ncn1. The first-order valence-electron chi connectivity index (χ1n) is 5.28. The topological polar surface area (TPSA) is 63.1 Å². The molecule has 86 valence electrons. The van der Waals surface area contributed by atoms with Crippen LogP contribution in [-0.4, -0.2) is 21.0 Å². The van der Waals surface area contributed by atoms with Gasteiger partial charge in [-0.3, -0.25) is 0 Å². The van der Waals surface area contributed by atoms with Crippen LogP contribution in [0.1, 0.15) is 34.6 Å². The van der Waals surface area contributed by atoms with Crippen LogP contribution in [-0.2, 0) is 0 Å². The highest BCUT2D eigenvalue weighted by Gasteiger charge is 2.12. The van der Waals surface area contributed by atoms with Gasteiger partial charge in [0.1, 0.15) is 6.33 Å². The first-order valence-corrected chi connectivity index (χ1v) is 5.28. The van der Waals surface area contributed by atoms with Crippen LogP contribution in [0, 0.1) is 0 Å². The van der Waals surface area contributed by atoms with E-state index in [2.05, 4.69) is 9.97 Å². The molecule has 0 unspecified atom stereocenters. The van der Waals surface area contributed by atoms with Crippen molar-refractivity contribution >= 4 is 5.97 Å². The molecule has 17 heavy (non-hydrogen) atoms. The lowest BCUT2D eigenvalue weighted by Gasteiger charge is -2.11. The lowest BCUT2D eigenvalue weighted by Crippen LogP contribution is -2.05. The molecule has 0 aliphatic heterocycles. The van der Waals surface area contributed by atoms with E-state index in [1.807, 2.05) is 37.3 Å². The number of carboxylic acid groups (broad SMARTS) is 1. The number of nitrogens with zero attached hydrogens (tertiary/aromatic N) is 2. The van der Waals surface area contributed by atoms with E-state index in [4.69, 9.17) is 5.11 Å². The molecule has 4 heteroatoms. The molecule has 0 amide bonds. The Morgan fingerprint density at radius 2 is 1.94 bits per heavy atom. The Hall–Kier alpha value is -2.23. The summed E-state index contributed by atoms with van der Waals surface area (Å²) in [6.45, 7) is 1.99. The van der Waals surface area contributed by atoms with Gasteiger partial charge < -0.3 is 5.11 Å². The van der Waals surface area contributed by atoms with Gasteiger partial charge in [-0.05, 0) is 11.6 Å². The molecule has 0 saturated carbocycles. The first-order chi connectivity index (χ1) is 8.18. The predicted molar refractivity (Wildman–Crippen MR) is 63.0 cm³/mol. The van der Waals surface area contributed by atoms with Crippen LogP contribution in [0.3, 0.4) is 0 Å². The molecule has 2 aromatic rings. The molecule has 0 spiro atoms. The van der Waals surface area contributed by atoms with Gasteiger partial charge in [-0.1, -0.05) is 37.3 Å². The standard InChI is InChI=1S/C13H12N2O2/c1-9(10-5-3-2-4-6-10)11-7-12(13(16)17)15-8-14-11/h2-9H,1H3,(H,16,17)/t9-/m0/s1. The maximum atomic E-state index is 10.8. The second-order valence-corrected chi connectivity index (χ2v) is 3.77. The second kappa shape index (κ2) is 4.74. The Bertz CT molecular complexity index is 526. The molecular weight excluding hydrogens is 216 g/mol. The van der Waals surface area contributed by atoms with Crippen LogP contribution >= 0.6 is 0 Å². The number of carbonyl (C=O) groups is 1. The fourth-order valence-electron chi connectivity index (χ4n) is 1.64. The summed E-state index contributed by atoms with van der Waals surface area (Å²) in [7, 11) is 0. The van der Waals surface area contributed by atoms with Crippen LogP contribution in [0.5, 0.6) is 0 Å². The maximum absolute atomic E-state index is 10.8. The van der Waals surface area contributed by atoms with E-state index in [9.17, 15) is 4.79 Å². The van der Waals surface area contributed by atoms with Gasteiger partial charge in [-0.25, -0.2) is 14.8 Å². The molecule has 1 atom stereocenters. The molecule has 1 aromatic heterocycles. The zero-order chi connectivity index (χ0) is 12.3. The van der Waals surface area contributed by atoms with Crippen molar-refractivity contribution in [1.82, 2.24) is 9.97 Å². The summed E-state index contributed by atoms with van der Waals surface area (Å²) in [6.07, 6.45) is 1.29. The van der Waals surface area contributed by atoms with Crippen molar-refractivity contribution in [2.75, 3.05) is 0 Å². The van der Waals surface area contributed by atoms with E-state index in [0.717, 1.165) is 5.56 Å². The molecule has 1 aromatic carbocycles. The van der Waals surface area contributed by atoms with Crippen LogP contribution < -0.4 is 0 Å². The average Bonchev–Trinajstić information content (AvgIpc) is 2.39. The number of aromatic carboxylic acids is 1. The summed E-state index contributed by atoms with van der Waals surface area (Å²) in [5, 5.41) is 8.87. The molecule has 0 bridgehead atoms. The van der Waals surface area contributed by atoms with Gasteiger partial charge in [-0.2, -0.15) is 0 Å². The van der Waals surface area contributed by atoms with Crippen molar-refractivity contribution in [2.45, 2.75) is 12.8 Å². The highest BCUT2D eigenvalue weighted by atomic mass is 16.4. The smallest absolute Gasteiger partial charge is 0.354 e. The number of carboxylic acids is 1. The zero-order valence-corrected chi connectivity index (χ0v) is 9.37. The Morgan fingerprint density at radius 3 is 2.59 bits per heavy atom. The number of rotatable bonds is 3. The summed E-state index contributed by atoms with van der Waals surface area (Å²) in [5.74, 6) is -0.980. The Balaban J connectivity index is 2.34.